The molecule has 4 nitrogen and oxygen atoms in total. The summed E-state index contributed by atoms with van der Waals surface area (Å²) in [5.41, 5.74) is 6.95. The van der Waals surface area contributed by atoms with Gasteiger partial charge < -0.3 is 15.4 Å². The van der Waals surface area contributed by atoms with E-state index in [1.54, 1.807) is 25.2 Å². The summed E-state index contributed by atoms with van der Waals surface area (Å²) in [4.78, 5) is 13.2. The predicted octanol–water partition coefficient (Wildman–Crippen LogP) is 2.55. The highest BCUT2D eigenvalue weighted by molar-refractivity contribution is 6.31. The number of ether oxygens (including phenoxy) is 1. The van der Waals surface area contributed by atoms with Gasteiger partial charge in [-0.3, -0.25) is 4.79 Å². The van der Waals surface area contributed by atoms with E-state index in [-0.39, 0.29) is 18.9 Å². The van der Waals surface area contributed by atoms with Crippen molar-refractivity contribution < 1.29 is 18.3 Å². The molecule has 1 aromatic rings. The Hall–Kier alpha value is -1.40. The van der Waals surface area contributed by atoms with Gasteiger partial charge in [0.25, 0.3) is 6.43 Å². The highest BCUT2D eigenvalue weighted by Crippen LogP contribution is 2.20. The van der Waals surface area contributed by atoms with Crippen LogP contribution >= 0.6 is 11.6 Å². The molecule has 1 rings (SSSR count). The van der Waals surface area contributed by atoms with Gasteiger partial charge in [0, 0.05) is 24.3 Å². The van der Waals surface area contributed by atoms with Crippen LogP contribution in [-0.4, -0.2) is 37.5 Å². The average Bonchev–Trinajstić information content (AvgIpc) is 2.38. The van der Waals surface area contributed by atoms with Crippen LogP contribution in [0.25, 0.3) is 0 Å². The first-order chi connectivity index (χ1) is 9.40. The number of hydrogen-bond donors (Lipinski definition) is 1. The van der Waals surface area contributed by atoms with E-state index < -0.39 is 13.0 Å². The van der Waals surface area contributed by atoms with Gasteiger partial charge in [-0.2, -0.15) is 0 Å². The van der Waals surface area contributed by atoms with E-state index in [1.807, 2.05) is 0 Å². The van der Waals surface area contributed by atoms with E-state index in [1.165, 1.54) is 4.90 Å². The topological polar surface area (TPSA) is 55.6 Å². The zero-order valence-electron chi connectivity index (χ0n) is 11.1. The highest BCUT2D eigenvalue weighted by Gasteiger charge is 2.12. The fourth-order valence-corrected chi connectivity index (χ4v) is 1.76. The summed E-state index contributed by atoms with van der Waals surface area (Å²) in [6.45, 7) is -0.381. The van der Waals surface area contributed by atoms with Crippen molar-refractivity contribution in [2.45, 2.75) is 19.4 Å². The molecule has 0 heterocycles. The molecule has 1 amide bonds. The third-order valence-corrected chi connectivity index (χ3v) is 2.98. The van der Waals surface area contributed by atoms with Crippen LogP contribution < -0.4 is 5.73 Å². The van der Waals surface area contributed by atoms with E-state index in [4.69, 9.17) is 17.3 Å². The number of anilines is 1. The molecule has 0 radical (unpaired) electrons. The smallest absolute Gasteiger partial charge is 0.261 e. The van der Waals surface area contributed by atoms with E-state index in [0.717, 1.165) is 5.56 Å². The molecule has 0 aromatic heterocycles. The molecular weight excluding hydrogens is 290 g/mol. The number of amides is 1. The maximum atomic E-state index is 11.8. The van der Waals surface area contributed by atoms with Crippen molar-refractivity contribution in [3.63, 3.8) is 0 Å². The maximum Gasteiger partial charge on any atom is 0.261 e. The molecule has 112 valence electrons. The van der Waals surface area contributed by atoms with Gasteiger partial charge in [0.2, 0.25) is 5.91 Å². The number of carbonyl (C=O) groups excluding carboxylic acids is 1. The van der Waals surface area contributed by atoms with Gasteiger partial charge in [-0.1, -0.05) is 11.6 Å². The van der Waals surface area contributed by atoms with Crippen molar-refractivity contribution in [2.75, 3.05) is 26.0 Å². The molecule has 0 aliphatic carbocycles. The number of nitrogen functional groups attached to an aromatic ring is 1. The number of nitrogens with zero attached hydrogens (tertiary/aromatic N) is 1. The van der Waals surface area contributed by atoms with Crippen LogP contribution in [-0.2, 0) is 16.1 Å². The lowest BCUT2D eigenvalue weighted by atomic mass is 10.2. The number of hydrogen-bond acceptors (Lipinski definition) is 3. The number of alkyl halides is 2. The molecule has 2 N–H and O–H groups in total. The second-order valence-electron chi connectivity index (χ2n) is 4.32. The van der Waals surface area contributed by atoms with Crippen LogP contribution in [0.4, 0.5) is 14.5 Å². The van der Waals surface area contributed by atoms with Crippen molar-refractivity contribution in [1.82, 2.24) is 4.90 Å². The molecule has 0 atom stereocenters. The van der Waals surface area contributed by atoms with Crippen LogP contribution in [0.3, 0.4) is 0 Å². The van der Waals surface area contributed by atoms with Crippen molar-refractivity contribution in [1.29, 1.82) is 0 Å². The SMILES string of the molecule is CN(Cc1cc(N)ccc1Cl)C(=O)CCOCC(F)F. The second kappa shape index (κ2) is 8.01. The number of rotatable bonds is 7. The van der Waals surface area contributed by atoms with Crippen molar-refractivity contribution >= 4 is 23.2 Å². The standard InChI is InChI=1S/C13H17ClF2N2O2/c1-18(13(19)4-5-20-8-12(15)16)7-9-6-10(17)2-3-11(9)14/h2-3,6,12H,4-5,7-8,17H2,1H3. The van der Waals surface area contributed by atoms with Crippen molar-refractivity contribution in [3.05, 3.63) is 28.8 Å². The third kappa shape index (κ3) is 5.71. The Bertz CT molecular complexity index is 458. The monoisotopic (exact) mass is 306 g/mol. The van der Waals surface area contributed by atoms with E-state index in [9.17, 15) is 13.6 Å². The fraction of sp³-hybridized carbons (Fsp3) is 0.462. The van der Waals surface area contributed by atoms with Gasteiger partial charge >= 0.3 is 0 Å². The predicted molar refractivity (Wildman–Crippen MR) is 73.8 cm³/mol. The number of carbonyl (C=O) groups is 1. The minimum atomic E-state index is -2.52. The van der Waals surface area contributed by atoms with Crippen LogP contribution in [0, 0.1) is 0 Å². The summed E-state index contributed by atoms with van der Waals surface area (Å²) in [6.07, 6.45) is -2.47. The van der Waals surface area contributed by atoms with Gasteiger partial charge in [0.15, 0.2) is 0 Å². The van der Waals surface area contributed by atoms with E-state index in [2.05, 4.69) is 4.74 Å². The zero-order valence-corrected chi connectivity index (χ0v) is 11.9. The van der Waals surface area contributed by atoms with Gasteiger partial charge in [-0.25, -0.2) is 8.78 Å². The molecule has 0 fully saturated rings. The summed E-state index contributed by atoms with van der Waals surface area (Å²) in [5.74, 6) is -0.210. The molecule has 0 unspecified atom stereocenters. The Morgan fingerprint density at radius 3 is 2.85 bits per heavy atom. The maximum absolute atomic E-state index is 11.8. The first-order valence-corrected chi connectivity index (χ1v) is 6.41. The Kier molecular flexibility index (Phi) is 6.67. The van der Waals surface area contributed by atoms with Gasteiger partial charge in [0.1, 0.15) is 6.61 Å². The summed E-state index contributed by atoms with van der Waals surface area (Å²) in [5, 5.41) is 0.521. The number of nitrogens with two attached hydrogens (primary N) is 1. The van der Waals surface area contributed by atoms with E-state index >= 15 is 0 Å². The number of benzene rings is 1. The molecule has 0 aliphatic rings. The summed E-state index contributed by atoms with van der Waals surface area (Å²) >= 11 is 6.01. The lowest BCUT2D eigenvalue weighted by molar-refractivity contribution is -0.132. The van der Waals surface area contributed by atoms with Crippen LogP contribution in [0.1, 0.15) is 12.0 Å². The van der Waals surface area contributed by atoms with Crippen molar-refractivity contribution in [3.8, 4) is 0 Å². The summed E-state index contributed by atoms with van der Waals surface area (Å²) < 4.78 is 28.3. The molecule has 20 heavy (non-hydrogen) atoms. The molecule has 1 aromatic carbocycles. The van der Waals surface area contributed by atoms with Crippen LogP contribution in [0.2, 0.25) is 5.02 Å². The molecule has 7 heteroatoms. The van der Waals surface area contributed by atoms with Crippen LogP contribution in [0.15, 0.2) is 18.2 Å². The molecule has 0 saturated carbocycles. The fourth-order valence-electron chi connectivity index (χ4n) is 1.58. The molecule has 0 spiro atoms. The Balaban J connectivity index is 2.43. The second-order valence-corrected chi connectivity index (χ2v) is 4.72. The van der Waals surface area contributed by atoms with Gasteiger partial charge in [-0.05, 0) is 23.8 Å². The normalized spacial score (nSPS) is 10.8. The lowest BCUT2D eigenvalue weighted by Crippen LogP contribution is -2.27. The minimum Gasteiger partial charge on any atom is -0.399 e. The highest BCUT2D eigenvalue weighted by atomic mass is 35.5. The quantitative estimate of drug-likeness (QED) is 0.622. The largest absolute Gasteiger partial charge is 0.399 e. The molecular formula is C13H17ClF2N2O2. The molecule has 0 saturated heterocycles. The first-order valence-electron chi connectivity index (χ1n) is 6.04. The van der Waals surface area contributed by atoms with Gasteiger partial charge in [-0.15, -0.1) is 0 Å². The van der Waals surface area contributed by atoms with Gasteiger partial charge in [0.05, 0.1) is 13.0 Å². The zero-order chi connectivity index (χ0) is 15.1. The Labute approximate surface area is 121 Å². The van der Waals surface area contributed by atoms with Crippen molar-refractivity contribution in [2.24, 2.45) is 0 Å². The average molecular weight is 307 g/mol. The minimum absolute atomic E-state index is 0.0296. The van der Waals surface area contributed by atoms with Crippen LogP contribution in [0.5, 0.6) is 0 Å². The lowest BCUT2D eigenvalue weighted by Gasteiger charge is -2.18. The molecule has 0 bridgehead atoms. The Morgan fingerprint density at radius 2 is 2.20 bits per heavy atom. The first kappa shape index (κ1) is 16.7. The number of halogens is 3. The summed E-state index contributed by atoms with van der Waals surface area (Å²) in [6, 6.07) is 5.03. The summed E-state index contributed by atoms with van der Waals surface area (Å²) in [7, 11) is 1.61. The third-order valence-electron chi connectivity index (χ3n) is 2.61. The molecule has 0 aliphatic heterocycles. The van der Waals surface area contributed by atoms with E-state index in [0.29, 0.717) is 17.3 Å². The Morgan fingerprint density at radius 1 is 1.50 bits per heavy atom.